The molecular weight excluding hydrogens is 514 g/mol. The van der Waals surface area contributed by atoms with Gasteiger partial charge in [0.05, 0.1) is 30.5 Å². The number of anilines is 1. The van der Waals surface area contributed by atoms with Crippen molar-refractivity contribution in [1.82, 2.24) is 4.90 Å². The minimum atomic E-state index is -0.444. The maximum atomic E-state index is 12.9. The summed E-state index contributed by atoms with van der Waals surface area (Å²) in [5.74, 6) is 0.141. The van der Waals surface area contributed by atoms with E-state index in [2.05, 4.69) is 10.3 Å². The van der Waals surface area contributed by atoms with Crippen molar-refractivity contribution in [3.05, 3.63) is 75.4 Å². The molecule has 2 aliphatic heterocycles. The Kier molecular flexibility index (Phi) is 8.45. The quantitative estimate of drug-likeness (QED) is 0.399. The first-order chi connectivity index (χ1) is 17.8. The number of amidine groups is 1. The van der Waals surface area contributed by atoms with Crippen LogP contribution in [-0.2, 0) is 14.3 Å². The second-order valence-corrected chi connectivity index (χ2v) is 9.50. The molecule has 0 aromatic heterocycles. The van der Waals surface area contributed by atoms with Gasteiger partial charge in [-0.3, -0.25) is 4.79 Å². The molecule has 2 aliphatic rings. The standard InChI is InChI=1S/C27H28ClN3O5S/c1-5-34-22-14-18(25-24(26(33)35-6-2)17(4)29-27-31(25)12-13-37-27)10-11-21(22)36-15-23(32)30-20-9-7-8-19(28)16(20)3/h7-14,25H,5-6,15H2,1-4H3,(H,30,32)/t25-/m1/s1. The second kappa shape index (κ2) is 11.7. The third-order valence-corrected chi connectivity index (χ3v) is 6.98. The predicted molar refractivity (Wildman–Crippen MR) is 146 cm³/mol. The zero-order valence-corrected chi connectivity index (χ0v) is 22.6. The summed E-state index contributed by atoms with van der Waals surface area (Å²) < 4.78 is 17.0. The Morgan fingerprint density at radius 1 is 1.11 bits per heavy atom. The van der Waals surface area contributed by atoms with Crippen molar-refractivity contribution in [2.45, 2.75) is 33.7 Å². The molecule has 0 radical (unpaired) electrons. The van der Waals surface area contributed by atoms with Crippen LogP contribution in [0.2, 0.25) is 5.02 Å². The van der Waals surface area contributed by atoms with Crippen LogP contribution in [0, 0.1) is 6.92 Å². The van der Waals surface area contributed by atoms with Crippen LogP contribution < -0.4 is 14.8 Å². The molecule has 2 aromatic rings. The van der Waals surface area contributed by atoms with Gasteiger partial charge in [-0.1, -0.05) is 35.5 Å². The van der Waals surface area contributed by atoms with Gasteiger partial charge in [-0.2, -0.15) is 0 Å². The van der Waals surface area contributed by atoms with Crippen LogP contribution in [0.1, 0.15) is 37.9 Å². The molecule has 37 heavy (non-hydrogen) atoms. The number of ether oxygens (including phenoxy) is 3. The Labute approximate surface area is 225 Å². The minimum Gasteiger partial charge on any atom is -0.490 e. The number of hydrogen-bond donors (Lipinski definition) is 1. The number of nitrogens with one attached hydrogen (secondary N) is 1. The predicted octanol–water partition coefficient (Wildman–Crippen LogP) is 5.83. The van der Waals surface area contributed by atoms with E-state index in [0.29, 0.717) is 40.1 Å². The SMILES string of the molecule is CCOC(=O)C1=C(C)N=C2SC=CN2[C@@H]1c1ccc(OCC(=O)Nc2cccc(Cl)c2C)c(OCC)c1. The number of hydrogen-bond acceptors (Lipinski definition) is 8. The van der Waals surface area contributed by atoms with Crippen molar-refractivity contribution >= 4 is 46.1 Å². The fourth-order valence-corrected chi connectivity index (χ4v) is 5.02. The van der Waals surface area contributed by atoms with Crippen molar-refractivity contribution < 1.29 is 23.8 Å². The van der Waals surface area contributed by atoms with Gasteiger partial charge in [0.1, 0.15) is 0 Å². The van der Waals surface area contributed by atoms with Crippen molar-refractivity contribution in [1.29, 1.82) is 0 Å². The third-order valence-electron chi connectivity index (χ3n) is 5.80. The molecular formula is C27H28ClN3O5S. The fourth-order valence-electron chi connectivity index (χ4n) is 4.05. The molecule has 10 heteroatoms. The first kappa shape index (κ1) is 26.6. The molecule has 2 heterocycles. The number of nitrogens with zero attached hydrogens (tertiary/aromatic N) is 2. The molecule has 1 amide bonds. The summed E-state index contributed by atoms with van der Waals surface area (Å²) in [7, 11) is 0. The highest BCUT2D eigenvalue weighted by molar-refractivity contribution is 8.16. The van der Waals surface area contributed by atoms with Gasteiger partial charge in [0.25, 0.3) is 5.91 Å². The number of carbonyl (C=O) groups is 2. The van der Waals surface area contributed by atoms with Crippen molar-refractivity contribution in [2.75, 3.05) is 25.1 Å². The van der Waals surface area contributed by atoms with E-state index in [4.69, 9.17) is 25.8 Å². The van der Waals surface area contributed by atoms with Crippen LogP contribution in [0.25, 0.3) is 0 Å². The molecule has 0 saturated carbocycles. The Bertz CT molecular complexity index is 1310. The first-order valence-electron chi connectivity index (χ1n) is 11.9. The molecule has 0 fully saturated rings. The van der Waals surface area contributed by atoms with E-state index in [9.17, 15) is 9.59 Å². The molecule has 8 nitrogen and oxygen atoms in total. The van der Waals surface area contributed by atoms with Crippen molar-refractivity contribution in [3.63, 3.8) is 0 Å². The van der Waals surface area contributed by atoms with E-state index in [0.717, 1.165) is 16.3 Å². The summed E-state index contributed by atoms with van der Waals surface area (Å²) in [6.07, 6.45) is 1.90. The van der Waals surface area contributed by atoms with Crippen LogP contribution in [0.5, 0.6) is 11.5 Å². The van der Waals surface area contributed by atoms with E-state index >= 15 is 0 Å². The lowest BCUT2D eigenvalue weighted by Gasteiger charge is -2.33. The van der Waals surface area contributed by atoms with E-state index in [1.165, 1.54) is 11.8 Å². The summed E-state index contributed by atoms with van der Waals surface area (Å²) in [5, 5.41) is 6.10. The van der Waals surface area contributed by atoms with Gasteiger partial charge < -0.3 is 24.4 Å². The van der Waals surface area contributed by atoms with Gasteiger partial charge >= 0.3 is 5.97 Å². The van der Waals surface area contributed by atoms with Crippen molar-refractivity contribution in [3.8, 4) is 11.5 Å². The highest BCUT2D eigenvalue weighted by Gasteiger charge is 2.37. The Balaban J connectivity index is 1.58. The smallest absolute Gasteiger partial charge is 0.338 e. The van der Waals surface area contributed by atoms with Crippen LogP contribution in [0.4, 0.5) is 5.69 Å². The Morgan fingerprint density at radius 2 is 1.92 bits per heavy atom. The summed E-state index contributed by atoms with van der Waals surface area (Å²) in [6, 6.07) is 10.3. The number of esters is 1. The van der Waals surface area contributed by atoms with Gasteiger partial charge in [0.2, 0.25) is 0 Å². The normalized spacial score (nSPS) is 16.3. The number of fused-ring (bicyclic) bond motifs is 1. The molecule has 2 aromatic carbocycles. The molecule has 1 atom stereocenters. The molecule has 194 valence electrons. The summed E-state index contributed by atoms with van der Waals surface area (Å²) in [6.45, 7) is 7.72. The van der Waals surface area contributed by atoms with Gasteiger partial charge in [0.15, 0.2) is 23.3 Å². The summed E-state index contributed by atoms with van der Waals surface area (Å²) in [5.41, 5.74) is 3.28. The van der Waals surface area contributed by atoms with E-state index < -0.39 is 12.0 Å². The molecule has 0 spiro atoms. The number of rotatable bonds is 9. The lowest BCUT2D eigenvalue weighted by molar-refractivity contribution is -0.139. The maximum Gasteiger partial charge on any atom is 0.338 e. The number of benzene rings is 2. The second-order valence-electron chi connectivity index (χ2n) is 8.22. The van der Waals surface area contributed by atoms with Crippen LogP contribution in [0.15, 0.2) is 64.3 Å². The summed E-state index contributed by atoms with van der Waals surface area (Å²) in [4.78, 5) is 32.0. The number of halogens is 1. The van der Waals surface area contributed by atoms with Gasteiger partial charge in [-0.25, -0.2) is 9.79 Å². The number of aliphatic imine (C=N–C) groups is 1. The number of amides is 1. The van der Waals surface area contributed by atoms with Crippen LogP contribution in [0.3, 0.4) is 0 Å². The Hall–Kier alpha value is -3.43. The van der Waals surface area contributed by atoms with Gasteiger partial charge in [-0.05, 0) is 68.5 Å². The van der Waals surface area contributed by atoms with Crippen molar-refractivity contribution in [2.24, 2.45) is 4.99 Å². The number of thioether (sulfide) groups is 1. The zero-order valence-electron chi connectivity index (χ0n) is 21.0. The van der Waals surface area contributed by atoms with Crippen LogP contribution in [-0.4, -0.2) is 41.8 Å². The zero-order chi connectivity index (χ0) is 26.5. The lowest BCUT2D eigenvalue weighted by Crippen LogP contribution is -2.34. The number of allylic oxidation sites excluding steroid dienone is 1. The first-order valence-corrected chi connectivity index (χ1v) is 13.1. The highest BCUT2D eigenvalue weighted by atomic mass is 35.5. The summed E-state index contributed by atoms with van der Waals surface area (Å²) >= 11 is 7.63. The highest BCUT2D eigenvalue weighted by Crippen LogP contribution is 2.43. The Morgan fingerprint density at radius 3 is 2.68 bits per heavy atom. The van der Waals surface area contributed by atoms with E-state index in [1.807, 2.05) is 49.4 Å². The third kappa shape index (κ3) is 5.78. The lowest BCUT2D eigenvalue weighted by atomic mass is 9.94. The van der Waals surface area contributed by atoms with Gasteiger partial charge in [-0.15, -0.1) is 0 Å². The fraction of sp³-hybridized carbons (Fsp3) is 0.296. The molecule has 0 bridgehead atoms. The topological polar surface area (TPSA) is 89.5 Å². The molecule has 4 rings (SSSR count). The van der Waals surface area contributed by atoms with E-state index in [1.54, 1.807) is 31.2 Å². The monoisotopic (exact) mass is 541 g/mol. The van der Waals surface area contributed by atoms with E-state index in [-0.39, 0.29) is 19.1 Å². The maximum absolute atomic E-state index is 12.9. The number of carbonyl (C=O) groups excluding carboxylic acids is 2. The molecule has 1 N–H and O–H groups in total. The minimum absolute atomic E-state index is 0.218. The average molecular weight is 542 g/mol. The largest absolute Gasteiger partial charge is 0.490 e. The molecule has 0 aliphatic carbocycles. The molecule has 0 saturated heterocycles. The molecule has 0 unspecified atom stereocenters. The van der Waals surface area contributed by atoms with Gasteiger partial charge in [0, 0.05) is 16.9 Å². The average Bonchev–Trinajstić information content (AvgIpc) is 3.33. The van der Waals surface area contributed by atoms with Crippen LogP contribution >= 0.6 is 23.4 Å².